The van der Waals surface area contributed by atoms with Crippen molar-refractivity contribution in [3.8, 4) is 0 Å². The number of methoxy groups -OCH3 is 2. The molecule has 0 unspecified atom stereocenters. The third kappa shape index (κ3) is 10.2. The molecule has 0 saturated carbocycles. The summed E-state index contributed by atoms with van der Waals surface area (Å²) in [6, 6.07) is 29.3. The van der Waals surface area contributed by atoms with Crippen molar-refractivity contribution < 1.29 is 57.2 Å². The standard InChI is InChI=1S/2C26H32ClNO6Si/c2*1-6-33-24(30)26(25(31)34-7-2)21(18-15-11-12-16-19(18)27)28-20(23(29)32-3)22(26)35(4,5)17-13-9-8-10-14-17/h2*8-16,20-22,28H,6-7H2,1-5H3/t2*20-,21-,22+/m00/s1. The van der Waals surface area contributed by atoms with Gasteiger partial charge in [0.2, 0.25) is 0 Å². The molecule has 0 aliphatic carbocycles. The largest absolute Gasteiger partial charge is 0.468 e. The number of carbonyl (C=O) groups is 6. The van der Waals surface area contributed by atoms with Gasteiger partial charge in [-0.25, -0.2) is 0 Å². The molecule has 14 nitrogen and oxygen atoms in total. The number of hydrogen-bond donors (Lipinski definition) is 2. The van der Waals surface area contributed by atoms with Gasteiger partial charge in [-0.1, -0.05) is 157 Å². The van der Waals surface area contributed by atoms with Crippen LogP contribution in [-0.4, -0.2) is 105 Å². The lowest BCUT2D eigenvalue weighted by atomic mass is 9.75. The highest BCUT2D eigenvalue weighted by Crippen LogP contribution is 2.60. The van der Waals surface area contributed by atoms with E-state index in [0.717, 1.165) is 10.4 Å². The number of hydrogen-bond acceptors (Lipinski definition) is 14. The van der Waals surface area contributed by atoms with Crippen molar-refractivity contribution in [2.75, 3.05) is 40.6 Å². The van der Waals surface area contributed by atoms with Crippen molar-refractivity contribution in [1.82, 2.24) is 10.6 Å². The average Bonchev–Trinajstić information content (AvgIpc) is 3.92. The first-order valence-corrected chi connectivity index (χ1v) is 30.2. The monoisotopic (exact) mass is 1030 g/mol. The Hall–Kier alpha value is -5.37. The van der Waals surface area contributed by atoms with Gasteiger partial charge in [-0.15, -0.1) is 0 Å². The van der Waals surface area contributed by atoms with Crippen molar-refractivity contribution in [2.45, 2.75) is 89.1 Å². The summed E-state index contributed by atoms with van der Waals surface area (Å²) in [5.41, 5.74) is -4.34. The predicted octanol–water partition coefficient (Wildman–Crippen LogP) is 7.25. The van der Waals surface area contributed by atoms with Gasteiger partial charge in [-0.05, 0) is 51.0 Å². The number of nitrogens with one attached hydrogen (secondary N) is 2. The molecule has 0 spiro atoms. The summed E-state index contributed by atoms with van der Waals surface area (Å²) < 4.78 is 32.6. The van der Waals surface area contributed by atoms with Gasteiger partial charge in [0.15, 0.2) is 10.8 Å². The Morgan fingerprint density at radius 1 is 0.471 bits per heavy atom. The summed E-state index contributed by atoms with van der Waals surface area (Å²) >= 11 is 13.2. The predicted molar refractivity (Wildman–Crippen MR) is 272 cm³/mol. The maximum absolute atomic E-state index is 14.0. The van der Waals surface area contributed by atoms with Gasteiger partial charge < -0.3 is 28.4 Å². The SMILES string of the molecule is CCOC(=O)C1(C(=O)OCC)[C@H]([Si](C)(C)c2ccccc2)[C@@H](C(=O)OC)N[C@H]1c1ccccc1Cl.CCOC(=O)C1(C(=O)OCC)[C@H]([Si](C)(C)c2ccccc2)[C@@H](C(=O)OC)N[C@H]1c1ccccc1Cl. The van der Waals surface area contributed by atoms with Crippen molar-refractivity contribution >= 4 is 85.5 Å². The quantitative estimate of drug-likeness (QED) is 0.0496. The molecular weight excluding hydrogens is 972 g/mol. The third-order valence-electron chi connectivity index (χ3n) is 13.6. The van der Waals surface area contributed by atoms with Crippen molar-refractivity contribution in [1.29, 1.82) is 0 Å². The van der Waals surface area contributed by atoms with Gasteiger partial charge in [0.05, 0.1) is 68.9 Å². The molecule has 2 fully saturated rings. The molecule has 0 amide bonds. The first kappa shape index (κ1) is 55.6. The van der Waals surface area contributed by atoms with E-state index in [0.29, 0.717) is 21.2 Å². The van der Waals surface area contributed by atoms with Gasteiger partial charge in [-0.3, -0.25) is 39.4 Å². The summed E-state index contributed by atoms with van der Waals surface area (Å²) in [6.45, 7) is 15.1. The van der Waals surface area contributed by atoms with E-state index in [-0.39, 0.29) is 26.4 Å². The highest BCUT2D eigenvalue weighted by atomic mass is 35.5. The molecule has 2 heterocycles. The molecule has 376 valence electrons. The maximum Gasteiger partial charge on any atom is 0.325 e. The Morgan fingerprint density at radius 2 is 0.743 bits per heavy atom. The molecule has 18 heteroatoms. The van der Waals surface area contributed by atoms with Crippen LogP contribution < -0.4 is 21.0 Å². The van der Waals surface area contributed by atoms with E-state index >= 15 is 0 Å². The topological polar surface area (TPSA) is 182 Å². The Bertz CT molecular complexity index is 2290. The fourth-order valence-electron chi connectivity index (χ4n) is 10.7. The van der Waals surface area contributed by atoms with Crippen LogP contribution in [0.3, 0.4) is 0 Å². The van der Waals surface area contributed by atoms with Gasteiger partial charge in [0.1, 0.15) is 12.1 Å². The van der Waals surface area contributed by atoms with Crippen molar-refractivity contribution in [3.05, 3.63) is 130 Å². The lowest BCUT2D eigenvalue weighted by Crippen LogP contribution is -2.60. The van der Waals surface area contributed by atoms with Crippen LogP contribution >= 0.6 is 23.2 Å². The van der Waals surface area contributed by atoms with E-state index in [4.69, 9.17) is 51.6 Å². The number of carbonyl (C=O) groups excluding carboxylic acids is 6. The zero-order valence-electron chi connectivity index (χ0n) is 41.3. The number of rotatable bonds is 16. The van der Waals surface area contributed by atoms with E-state index in [9.17, 15) is 28.8 Å². The van der Waals surface area contributed by atoms with Crippen LogP contribution in [0.15, 0.2) is 109 Å². The zero-order chi connectivity index (χ0) is 51.6. The molecule has 0 aromatic heterocycles. The van der Waals surface area contributed by atoms with E-state index in [1.165, 1.54) is 14.2 Å². The van der Waals surface area contributed by atoms with Gasteiger partial charge in [0, 0.05) is 21.1 Å². The number of halogens is 2. The second-order valence-electron chi connectivity index (χ2n) is 18.0. The molecule has 6 rings (SSSR count). The van der Waals surface area contributed by atoms with E-state index in [1.54, 1.807) is 76.2 Å². The summed E-state index contributed by atoms with van der Waals surface area (Å²) in [7, 11) is -3.04. The molecule has 2 aliphatic rings. The fraction of sp³-hybridized carbons (Fsp3) is 0.423. The van der Waals surface area contributed by atoms with E-state index in [1.807, 2.05) is 86.9 Å². The van der Waals surface area contributed by atoms with Crippen LogP contribution in [0.2, 0.25) is 47.3 Å². The molecule has 0 bridgehead atoms. The lowest BCUT2D eigenvalue weighted by Gasteiger charge is -2.42. The molecular formula is C52H64Cl2N2O12Si2. The maximum atomic E-state index is 14.0. The molecule has 70 heavy (non-hydrogen) atoms. The first-order chi connectivity index (χ1) is 33.3. The highest BCUT2D eigenvalue weighted by molar-refractivity contribution is 6.92. The molecule has 2 N–H and O–H groups in total. The minimum atomic E-state index is -2.81. The summed E-state index contributed by atoms with van der Waals surface area (Å²) in [5, 5.41) is 9.18. The van der Waals surface area contributed by atoms with Crippen molar-refractivity contribution in [2.24, 2.45) is 10.8 Å². The molecule has 2 aliphatic heterocycles. The minimum absolute atomic E-state index is 0.0537. The van der Waals surface area contributed by atoms with Crippen LogP contribution in [0, 0.1) is 10.8 Å². The Balaban J connectivity index is 0.000000261. The minimum Gasteiger partial charge on any atom is -0.468 e. The Morgan fingerprint density at radius 3 is 1.00 bits per heavy atom. The van der Waals surface area contributed by atoms with Crippen molar-refractivity contribution in [3.63, 3.8) is 0 Å². The van der Waals surface area contributed by atoms with Gasteiger partial charge >= 0.3 is 35.8 Å². The summed E-state index contributed by atoms with van der Waals surface area (Å²) in [5.74, 6) is -4.13. The van der Waals surface area contributed by atoms with Crippen LogP contribution in [0.5, 0.6) is 0 Å². The lowest BCUT2D eigenvalue weighted by molar-refractivity contribution is -0.175. The molecule has 4 aromatic rings. The number of esters is 6. The normalized spacial score (nSPS) is 21.3. The average molecular weight is 1040 g/mol. The smallest absolute Gasteiger partial charge is 0.325 e. The zero-order valence-corrected chi connectivity index (χ0v) is 44.9. The summed E-state index contributed by atoms with van der Waals surface area (Å²) in [4.78, 5) is 82.4. The van der Waals surface area contributed by atoms with E-state index < -0.39 is 98.0 Å². The first-order valence-electron chi connectivity index (χ1n) is 23.3. The molecule has 4 aromatic carbocycles. The second kappa shape index (κ2) is 23.7. The molecule has 6 atom stereocenters. The van der Waals surface area contributed by atoms with Gasteiger partial charge in [0.25, 0.3) is 0 Å². The van der Waals surface area contributed by atoms with Crippen LogP contribution in [0.4, 0.5) is 0 Å². The van der Waals surface area contributed by atoms with Crippen LogP contribution in [0.1, 0.15) is 50.9 Å². The third-order valence-corrected chi connectivity index (χ3v) is 22.7. The van der Waals surface area contributed by atoms with Crippen LogP contribution in [-0.2, 0) is 57.2 Å². The second-order valence-corrected chi connectivity index (χ2v) is 28.1. The number of benzene rings is 4. The summed E-state index contributed by atoms with van der Waals surface area (Å²) in [6.07, 6.45) is 0. The van der Waals surface area contributed by atoms with E-state index in [2.05, 4.69) is 10.6 Å². The van der Waals surface area contributed by atoms with Crippen LogP contribution in [0.25, 0.3) is 0 Å². The van der Waals surface area contributed by atoms with Gasteiger partial charge in [-0.2, -0.15) is 0 Å². The Kier molecular flexibility index (Phi) is 18.8. The highest BCUT2D eigenvalue weighted by Gasteiger charge is 2.74. The Labute approximate surface area is 422 Å². The molecule has 2 saturated heterocycles. The fourth-order valence-corrected chi connectivity index (χ4v) is 19.2. The number of ether oxygens (including phenoxy) is 6. The molecule has 0 radical (unpaired) electrons.